The molecule has 0 aliphatic rings. The van der Waals surface area contributed by atoms with E-state index < -0.39 is 0 Å². The minimum Gasteiger partial charge on any atom is -0.497 e. The van der Waals surface area contributed by atoms with Gasteiger partial charge in [0.15, 0.2) is 0 Å². The molecular weight excluding hydrogens is 320 g/mol. The largest absolute Gasteiger partial charge is 0.497 e. The third-order valence-corrected chi connectivity index (χ3v) is 3.65. The molecule has 0 bridgehead atoms. The number of tetrazole rings is 1. The number of hydrogen-bond donors (Lipinski definition) is 2. The van der Waals surface area contributed by atoms with Crippen LogP contribution in [0.25, 0.3) is 5.69 Å². The SMILES string of the molecule is COc1ccc(NC(=O)CNc2cc(-n3cnnn3)ccc2C)cc1. The molecule has 1 aromatic heterocycles. The van der Waals surface area contributed by atoms with Crippen molar-refractivity contribution in [3.05, 3.63) is 54.4 Å². The molecule has 2 aromatic carbocycles. The number of anilines is 2. The third-order valence-electron chi connectivity index (χ3n) is 3.65. The van der Waals surface area contributed by atoms with Crippen molar-refractivity contribution in [1.29, 1.82) is 0 Å². The van der Waals surface area contributed by atoms with Gasteiger partial charge in [0.25, 0.3) is 0 Å². The fourth-order valence-corrected chi connectivity index (χ4v) is 2.28. The van der Waals surface area contributed by atoms with E-state index in [4.69, 9.17) is 4.74 Å². The molecule has 0 unspecified atom stereocenters. The Hall–Kier alpha value is -3.42. The summed E-state index contributed by atoms with van der Waals surface area (Å²) in [6.45, 7) is 2.11. The minimum atomic E-state index is -0.141. The molecule has 128 valence electrons. The molecule has 0 saturated heterocycles. The van der Waals surface area contributed by atoms with Crippen LogP contribution in [0.3, 0.4) is 0 Å². The van der Waals surface area contributed by atoms with Gasteiger partial charge in [-0.25, -0.2) is 4.68 Å². The lowest BCUT2D eigenvalue weighted by atomic mass is 10.2. The van der Waals surface area contributed by atoms with Gasteiger partial charge in [-0.1, -0.05) is 6.07 Å². The molecule has 0 aliphatic heterocycles. The van der Waals surface area contributed by atoms with Gasteiger partial charge in [0.05, 0.1) is 19.3 Å². The zero-order valence-electron chi connectivity index (χ0n) is 13.9. The van der Waals surface area contributed by atoms with Gasteiger partial charge >= 0.3 is 0 Å². The summed E-state index contributed by atoms with van der Waals surface area (Å²) >= 11 is 0. The predicted octanol–water partition coefficient (Wildman–Crippen LogP) is 2.03. The maximum atomic E-state index is 12.1. The summed E-state index contributed by atoms with van der Waals surface area (Å²) in [6, 6.07) is 12.9. The highest BCUT2D eigenvalue weighted by molar-refractivity contribution is 5.93. The van der Waals surface area contributed by atoms with E-state index in [-0.39, 0.29) is 12.5 Å². The molecule has 0 aliphatic carbocycles. The van der Waals surface area contributed by atoms with Gasteiger partial charge in [-0.3, -0.25) is 4.79 Å². The van der Waals surface area contributed by atoms with E-state index in [1.54, 1.807) is 36.1 Å². The Morgan fingerprint density at radius 3 is 2.68 bits per heavy atom. The van der Waals surface area contributed by atoms with Gasteiger partial charge in [-0.2, -0.15) is 0 Å². The smallest absolute Gasteiger partial charge is 0.243 e. The summed E-state index contributed by atoms with van der Waals surface area (Å²) in [5, 5.41) is 17.1. The first kappa shape index (κ1) is 16.4. The molecule has 25 heavy (non-hydrogen) atoms. The maximum absolute atomic E-state index is 12.1. The topological polar surface area (TPSA) is 94.0 Å². The van der Waals surface area contributed by atoms with Crippen LogP contribution in [0.5, 0.6) is 5.75 Å². The number of amides is 1. The zero-order valence-corrected chi connectivity index (χ0v) is 13.9. The first-order valence-corrected chi connectivity index (χ1v) is 7.67. The van der Waals surface area contributed by atoms with Crippen molar-refractivity contribution in [1.82, 2.24) is 20.2 Å². The second kappa shape index (κ2) is 7.43. The summed E-state index contributed by atoms with van der Waals surface area (Å²) in [5.74, 6) is 0.601. The monoisotopic (exact) mass is 338 g/mol. The first-order valence-electron chi connectivity index (χ1n) is 7.67. The average Bonchev–Trinajstić information content (AvgIpc) is 3.16. The molecule has 1 heterocycles. The van der Waals surface area contributed by atoms with Crippen molar-refractivity contribution >= 4 is 17.3 Å². The van der Waals surface area contributed by atoms with E-state index in [1.165, 1.54) is 6.33 Å². The number of rotatable bonds is 6. The number of nitrogens with zero attached hydrogens (tertiary/aromatic N) is 4. The maximum Gasteiger partial charge on any atom is 0.243 e. The summed E-state index contributed by atoms with van der Waals surface area (Å²) in [7, 11) is 1.60. The van der Waals surface area contributed by atoms with E-state index in [0.717, 1.165) is 22.7 Å². The van der Waals surface area contributed by atoms with E-state index in [1.807, 2.05) is 25.1 Å². The second-order valence-electron chi connectivity index (χ2n) is 5.38. The van der Waals surface area contributed by atoms with Crippen molar-refractivity contribution in [2.45, 2.75) is 6.92 Å². The van der Waals surface area contributed by atoms with Crippen molar-refractivity contribution in [2.24, 2.45) is 0 Å². The molecule has 8 nitrogen and oxygen atoms in total. The zero-order chi connectivity index (χ0) is 17.6. The Kier molecular flexibility index (Phi) is 4.89. The minimum absolute atomic E-state index is 0.141. The fraction of sp³-hybridized carbons (Fsp3) is 0.176. The number of carbonyl (C=O) groups excluding carboxylic acids is 1. The number of carbonyl (C=O) groups is 1. The molecular formula is C17H18N6O2. The molecule has 0 radical (unpaired) electrons. The number of nitrogens with one attached hydrogen (secondary N) is 2. The van der Waals surface area contributed by atoms with Crippen LogP contribution in [-0.4, -0.2) is 39.8 Å². The highest BCUT2D eigenvalue weighted by Gasteiger charge is 2.06. The van der Waals surface area contributed by atoms with Crippen LogP contribution in [0.2, 0.25) is 0 Å². The van der Waals surface area contributed by atoms with Gasteiger partial charge in [0.2, 0.25) is 5.91 Å². The van der Waals surface area contributed by atoms with Crippen LogP contribution < -0.4 is 15.4 Å². The highest BCUT2D eigenvalue weighted by atomic mass is 16.5. The van der Waals surface area contributed by atoms with Gasteiger partial charge in [-0.15, -0.1) is 5.10 Å². The van der Waals surface area contributed by atoms with Crippen molar-refractivity contribution in [3.8, 4) is 11.4 Å². The van der Waals surface area contributed by atoms with Crippen molar-refractivity contribution in [3.63, 3.8) is 0 Å². The highest BCUT2D eigenvalue weighted by Crippen LogP contribution is 2.19. The standard InChI is InChI=1S/C17H18N6O2/c1-12-3-6-14(23-11-19-21-22-23)9-16(12)18-10-17(24)20-13-4-7-15(25-2)8-5-13/h3-9,11,18H,10H2,1-2H3,(H,20,24). The lowest BCUT2D eigenvalue weighted by molar-refractivity contribution is -0.114. The molecule has 3 rings (SSSR count). The molecule has 0 atom stereocenters. The lowest BCUT2D eigenvalue weighted by Crippen LogP contribution is -2.22. The van der Waals surface area contributed by atoms with Crippen LogP contribution in [0.15, 0.2) is 48.8 Å². The molecule has 1 amide bonds. The Balaban J connectivity index is 1.62. The van der Waals surface area contributed by atoms with E-state index in [0.29, 0.717) is 5.69 Å². The van der Waals surface area contributed by atoms with Gasteiger partial charge in [0, 0.05) is 11.4 Å². The Morgan fingerprint density at radius 1 is 1.20 bits per heavy atom. The number of hydrogen-bond acceptors (Lipinski definition) is 6. The van der Waals surface area contributed by atoms with E-state index in [2.05, 4.69) is 26.2 Å². The first-order chi connectivity index (χ1) is 12.2. The summed E-state index contributed by atoms with van der Waals surface area (Å²) < 4.78 is 6.65. The molecule has 3 aromatic rings. The Labute approximate surface area is 144 Å². The van der Waals surface area contributed by atoms with Gasteiger partial charge < -0.3 is 15.4 Å². The molecule has 8 heteroatoms. The van der Waals surface area contributed by atoms with Crippen LogP contribution in [0.4, 0.5) is 11.4 Å². The number of aromatic nitrogens is 4. The lowest BCUT2D eigenvalue weighted by Gasteiger charge is -2.12. The summed E-state index contributed by atoms with van der Waals surface area (Å²) in [5.41, 5.74) is 3.40. The number of ether oxygens (including phenoxy) is 1. The molecule has 0 fully saturated rings. The van der Waals surface area contributed by atoms with Gasteiger partial charge in [0.1, 0.15) is 12.1 Å². The average molecular weight is 338 g/mol. The number of aryl methyl sites for hydroxylation is 1. The van der Waals surface area contributed by atoms with Crippen LogP contribution >= 0.6 is 0 Å². The predicted molar refractivity (Wildman–Crippen MR) is 94.0 cm³/mol. The summed E-state index contributed by atoms with van der Waals surface area (Å²) in [6.07, 6.45) is 1.52. The quantitative estimate of drug-likeness (QED) is 0.714. The third kappa shape index (κ3) is 4.11. The number of benzene rings is 2. The Morgan fingerprint density at radius 2 is 2.00 bits per heavy atom. The molecule has 0 saturated carbocycles. The molecule has 0 spiro atoms. The number of methoxy groups -OCH3 is 1. The van der Waals surface area contributed by atoms with Crippen molar-refractivity contribution < 1.29 is 9.53 Å². The van der Waals surface area contributed by atoms with E-state index in [9.17, 15) is 4.79 Å². The molecule has 2 N–H and O–H groups in total. The second-order valence-corrected chi connectivity index (χ2v) is 5.38. The summed E-state index contributed by atoms with van der Waals surface area (Å²) in [4.78, 5) is 12.1. The van der Waals surface area contributed by atoms with Crippen LogP contribution in [0.1, 0.15) is 5.56 Å². The van der Waals surface area contributed by atoms with Crippen molar-refractivity contribution in [2.75, 3.05) is 24.3 Å². The van der Waals surface area contributed by atoms with Gasteiger partial charge in [-0.05, 0) is 59.3 Å². The van der Waals surface area contributed by atoms with E-state index >= 15 is 0 Å². The van der Waals surface area contributed by atoms with Crippen LogP contribution in [-0.2, 0) is 4.79 Å². The fourth-order valence-electron chi connectivity index (χ4n) is 2.28. The van der Waals surface area contributed by atoms with Crippen LogP contribution in [0, 0.1) is 6.92 Å². The Bertz CT molecular complexity index is 846. The normalized spacial score (nSPS) is 10.3.